The van der Waals surface area contributed by atoms with Crippen molar-refractivity contribution in [2.45, 2.75) is 19.4 Å². The Balaban J connectivity index is 1.93. The van der Waals surface area contributed by atoms with E-state index in [9.17, 15) is 0 Å². The van der Waals surface area contributed by atoms with E-state index in [-0.39, 0.29) is 6.10 Å². The Kier molecular flexibility index (Phi) is 3.52. The molecule has 0 fully saturated rings. The Morgan fingerprint density at radius 3 is 2.75 bits per heavy atom. The summed E-state index contributed by atoms with van der Waals surface area (Å²) < 4.78 is 7.71. The van der Waals surface area contributed by atoms with Crippen molar-refractivity contribution in [3.05, 3.63) is 53.6 Å². The van der Waals surface area contributed by atoms with Crippen molar-refractivity contribution in [2.24, 2.45) is 0 Å². The van der Waals surface area contributed by atoms with E-state index in [1.165, 1.54) is 6.33 Å². The first-order valence-electron chi connectivity index (χ1n) is 6.35. The quantitative estimate of drug-likeness (QED) is 0.739. The highest BCUT2D eigenvalue weighted by molar-refractivity contribution is 6.30. The van der Waals surface area contributed by atoms with Crippen LogP contribution in [0.3, 0.4) is 0 Å². The van der Waals surface area contributed by atoms with Crippen LogP contribution < -0.4 is 4.74 Å². The van der Waals surface area contributed by atoms with E-state index in [4.69, 9.17) is 16.3 Å². The second kappa shape index (κ2) is 5.46. The smallest absolute Gasteiger partial charge is 0.252 e. The lowest BCUT2D eigenvalue weighted by atomic mass is 10.2. The zero-order chi connectivity index (χ0) is 13.9. The molecule has 2 aromatic heterocycles. The average molecular weight is 289 g/mol. The molecule has 20 heavy (non-hydrogen) atoms. The molecule has 0 spiro atoms. The fourth-order valence-corrected chi connectivity index (χ4v) is 2.16. The van der Waals surface area contributed by atoms with E-state index in [1.54, 1.807) is 22.8 Å². The molecule has 102 valence electrons. The van der Waals surface area contributed by atoms with E-state index in [0.29, 0.717) is 10.8 Å². The average Bonchev–Trinajstić information content (AvgIpc) is 2.95. The van der Waals surface area contributed by atoms with Gasteiger partial charge in [-0.25, -0.2) is 4.98 Å². The van der Waals surface area contributed by atoms with Gasteiger partial charge >= 0.3 is 0 Å². The first kappa shape index (κ1) is 12.9. The minimum atomic E-state index is -0.122. The number of rotatable bonds is 4. The highest BCUT2D eigenvalue weighted by Crippen LogP contribution is 2.25. The normalized spacial score (nSPS) is 12.5. The van der Waals surface area contributed by atoms with E-state index in [0.717, 1.165) is 17.9 Å². The van der Waals surface area contributed by atoms with Crippen LogP contribution in [0.5, 0.6) is 5.75 Å². The molecule has 1 aromatic carbocycles. The number of fused-ring (bicyclic) bond motifs is 1. The maximum Gasteiger partial charge on any atom is 0.252 e. The molecule has 0 aliphatic heterocycles. The fourth-order valence-electron chi connectivity index (χ4n) is 2.03. The van der Waals surface area contributed by atoms with Gasteiger partial charge in [0.15, 0.2) is 0 Å². The van der Waals surface area contributed by atoms with Gasteiger partial charge in [0, 0.05) is 11.2 Å². The number of nitrogens with zero attached hydrogens (tertiary/aromatic N) is 4. The van der Waals surface area contributed by atoms with Crippen molar-refractivity contribution in [3.8, 4) is 5.75 Å². The minimum absolute atomic E-state index is 0.122. The number of aromatic nitrogens is 4. The van der Waals surface area contributed by atoms with Crippen molar-refractivity contribution >= 4 is 17.4 Å². The van der Waals surface area contributed by atoms with Gasteiger partial charge in [-0.1, -0.05) is 18.5 Å². The number of hydrogen-bond acceptors (Lipinski definition) is 4. The maximum atomic E-state index is 6.01. The molecule has 6 heteroatoms. The summed E-state index contributed by atoms with van der Waals surface area (Å²) in [5, 5.41) is 4.87. The van der Waals surface area contributed by atoms with Crippen molar-refractivity contribution in [3.63, 3.8) is 0 Å². The monoisotopic (exact) mass is 288 g/mol. The van der Waals surface area contributed by atoms with Crippen LogP contribution in [0.2, 0.25) is 5.02 Å². The topological polar surface area (TPSA) is 52.3 Å². The van der Waals surface area contributed by atoms with Gasteiger partial charge in [0.2, 0.25) is 0 Å². The molecule has 0 amide bonds. The first-order valence-corrected chi connectivity index (χ1v) is 6.72. The molecule has 1 unspecified atom stereocenters. The zero-order valence-corrected chi connectivity index (χ0v) is 11.7. The number of halogens is 1. The molecular weight excluding hydrogens is 276 g/mol. The van der Waals surface area contributed by atoms with Crippen LogP contribution in [0.4, 0.5) is 0 Å². The first-order chi connectivity index (χ1) is 9.78. The minimum Gasteiger partial charge on any atom is -0.484 e. The van der Waals surface area contributed by atoms with Crippen LogP contribution in [0.1, 0.15) is 25.1 Å². The molecule has 0 aliphatic carbocycles. The van der Waals surface area contributed by atoms with Crippen LogP contribution in [0, 0.1) is 0 Å². The fraction of sp³-hybridized carbons (Fsp3) is 0.214. The van der Waals surface area contributed by atoms with Gasteiger partial charge < -0.3 is 4.74 Å². The summed E-state index contributed by atoms with van der Waals surface area (Å²) in [5.74, 6) is 1.34. The molecule has 5 nitrogen and oxygen atoms in total. The zero-order valence-electron chi connectivity index (χ0n) is 10.9. The lowest BCUT2D eigenvalue weighted by Gasteiger charge is -2.18. The van der Waals surface area contributed by atoms with Crippen LogP contribution >= 0.6 is 11.6 Å². The van der Waals surface area contributed by atoms with Crippen LogP contribution in [-0.2, 0) is 0 Å². The Hall–Kier alpha value is -2.14. The Labute approximate surface area is 121 Å². The molecule has 0 aliphatic rings. The van der Waals surface area contributed by atoms with E-state index < -0.39 is 0 Å². The highest BCUT2D eigenvalue weighted by atomic mass is 35.5. The molecule has 0 saturated heterocycles. The van der Waals surface area contributed by atoms with E-state index >= 15 is 0 Å². The van der Waals surface area contributed by atoms with Crippen molar-refractivity contribution < 1.29 is 4.74 Å². The number of hydrogen-bond donors (Lipinski definition) is 0. The molecule has 3 rings (SSSR count). The summed E-state index contributed by atoms with van der Waals surface area (Å²) in [6.07, 6.45) is 3.89. The maximum absolute atomic E-state index is 6.01. The predicted octanol–water partition coefficient (Wildman–Crippen LogP) is 3.31. The lowest BCUT2D eigenvalue weighted by molar-refractivity contribution is 0.193. The highest BCUT2D eigenvalue weighted by Gasteiger charge is 2.16. The van der Waals surface area contributed by atoms with Crippen LogP contribution in [-0.4, -0.2) is 19.6 Å². The molecule has 0 saturated carbocycles. The molecule has 0 radical (unpaired) electrons. The van der Waals surface area contributed by atoms with Crippen molar-refractivity contribution in [1.29, 1.82) is 0 Å². The van der Waals surface area contributed by atoms with Crippen molar-refractivity contribution in [2.75, 3.05) is 0 Å². The summed E-state index contributed by atoms with van der Waals surface area (Å²) in [6.45, 7) is 2.06. The lowest BCUT2D eigenvalue weighted by Crippen LogP contribution is -2.12. The molecule has 0 bridgehead atoms. The van der Waals surface area contributed by atoms with Crippen LogP contribution in [0.15, 0.2) is 42.9 Å². The molecule has 2 heterocycles. The Bertz CT molecular complexity index is 711. The second-order valence-electron chi connectivity index (χ2n) is 4.31. The summed E-state index contributed by atoms with van der Waals surface area (Å²) in [4.78, 5) is 8.24. The van der Waals surface area contributed by atoms with E-state index in [2.05, 4.69) is 22.0 Å². The number of benzene rings is 1. The van der Waals surface area contributed by atoms with Crippen LogP contribution in [0.25, 0.3) is 5.78 Å². The third-order valence-electron chi connectivity index (χ3n) is 3.00. The SMILES string of the molecule is CCC(Oc1ccc(Cl)cc1)c1ccnc2ncnn12. The molecule has 0 N–H and O–H groups in total. The molecular formula is C14H13ClN4O. The van der Waals surface area contributed by atoms with Gasteiger partial charge in [0.05, 0.1) is 5.69 Å². The molecule has 1 atom stereocenters. The predicted molar refractivity (Wildman–Crippen MR) is 75.9 cm³/mol. The Morgan fingerprint density at radius 1 is 1.20 bits per heavy atom. The van der Waals surface area contributed by atoms with E-state index in [1.807, 2.05) is 18.2 Å². The van der Waals surface area contributed by atoms with Crippen molar-refractivity contribution in [1.82, 2.24) is 19.6 Å². The summed E-state index contributed by atoms with van der Waals surface area (Å²) in [5.41, 5.74) is 0.921. The van der Waals surface area contributed by atoms with Gasteiger partial charge in [-0.2, -0.15) is 14.6 Å². The van der Waals surface area contributed by atoms with Gasteiger partial charge in [0.1, 0.15) is 18.2 Å². The summed E-state index contributed by atoms with van der Waals surface area (Å²) in [6, 6.07) is 9.21. The summed E-state index contributed by atoms with van der Waals surface area (Å²) in [7, 11) is 0. The van der Waals surface area contributed by atoms with Gasteiger partial charge in [-0.3, -0.25) is 0 Å². The summed E-state index contributed by atoms with van der Waals surface area (Å²) >= 11 is 5.88. The van der Waals surface area contributed by atoms with Gasteiger partial charge in [0.25, 0.3) is 5.78 Å². The third kappa shape index (κ3) is 2.44. The third-order valence-corrected chi connectivity index (χ3v) is 3.25. The van der Waals surface area contributed by atoms with Gasteiger partial charge in [-0.05, 0) is 36.8 Å². The van der Waals surface area contributed by atoms with Gasteiger partial charge in [-0.15, -0.1) is 0 Å². The second-order valence-corrected chi connectivity index (χ2v) is 4.75. The largest absolute Gasteiger partial charge is 0.484 e. The Morgan fingerprint density at radius 2 is 2.00 bits per heavy atom. The standard InChI is InChI=1S/C14H13ClN4O/c1-2-13(20-11-5-3-10(15)4-6-11)12-7-8-16-14-17-9-18-19(12)14/h3-9,13H,2H2,1H3. The molecule has 3 aromatic rings. The number of ether oxygens (including phenoxy) is 1.